The summed E-state index contributed by atoms with van der Waals surface area (Å²) >= 11 is 0. The molecule has 0 radical (unpaired) electrons. The summed E-state index contributed by atoms with van der Waals surface area (Å²) in [6, 6.07) is 5.20. The maximum Gasteiger partial charge on any atom is 0.458 e. The van der Waals surface area contributed by atoms with Crippen LogP contribution >= 0.6 is 0 Å². The molecule has 2 heterocycles. The van der Waals surface area contributed by atoms with Gasteiger partial charge in [0.2, 0.25) is 0 Å². The molecule has 1 aliphatic heterocycles. The van der Waals surface area contributed by atoms with E-state index in [0.717, 1.165) is 10.6 Å². The molecular weight excluding hydrogens is 373 g/mol. The zero-order chi connectivity index (χ0) is 20.2. The highest BCUT2D eigenvalue weighted by molar-refractivity contribution is 5.45. The zero-order valence-corrected chi connectivity index (χ0v) is 14.3. The van der Waals surface area contributed by atoms with Gasteiger partial charge in [0, 0.05) is 23.4 Å². The highest BCUT2D eigenvalue weighted by Crippen LogP contribution is 2.48. The van der Waals surface area contributed by atoms with Crippen LogP contribution in [-0.4, -0.2) is 27.6 Å². The van der Waals surface area contributed by atoms with Crippen molar-refractivity contribution < 1.29 is 31.8 Å². The summed E-state index contributed by atoms with van der Waals surface area (Å²) in [4.78, 5) is 12.2. The van der Waals surface area contributed by atoms with E-state index >= 15 is 0 Å². The standard InChI is InChI=1S/C18H16F5NO3/c1-16(2)15(26)14(24-8-4-3-5-13(24)25)11-9-10(6-7-12(11)27-16)17(19,20)18(21,22)23/h3-9,14-15,26H,1-2H3. The molecule has 2 atom stereocenters. The number of ether oxygens (including phenoxy) is 1. The minimum absolute atomic E-state index is 0.0211. The lowest BCUT2D eigenvalue weighted by Gasteiger charge is -2.43. The molecule has 0 aliphatic carbocycles. The van der Waals surface area contributed by atoms with Crippen LogP contribution in [0.3, 0.4) is 0 Å². The van der Waals surface area contributed by atoms with Crippen molar-refractivity contribution in [1.29, 1.82) is 0 Å². The van der Waals surface area contributed by atoms with Gasteiger partial charge in [0.05, 0.1) is 6.04 Å². The summed E-state index contributed by atoms with van der Waals surface area (Å²) in [6.07, 6.45) is -5.83. The van der Waals surface area contributed by atoms with Crippen LogP contribution < -0.4 is 10.3 Å². The van der Waals surface area contributed by atoms with E-state index in [-0.39, 0.29) is 11.3 Å². The van der Waals surface area contributed by atoms with E-state index in [4.69, 9.17) is 4.74 Å². The molecule has 0 saturated heterocycles. The quantitative estimate of drug-likeness (QED) is 0.799. The number of aliphatic hydroxyl groups excluding tert-OH is 1. The van der Waals surface area contributed by atoms with E-state index in [0.29, 0.717) is 12.1 Å². The third-order valence-electron chi connectivity index (χ3n) is 4.58. The van der Waals surface area contributed by atoms with Crippen LogP contribution in [0.25, 0.3) is 0 Å². The number of benzene rings is 1. The fourth-order valence-corrected chi connectivity index (χ4v) is 3.10. The van der Waals surface area contributed by atoms with Crippen LogP contribution in [0, 0.1) is 0 Å². The monoisotopic (exact) mass is 389 g/mol. The van der Waals surface area contributed by atoms with Crippen molar-refractivity contribution >= 4 is 0 Å². The largest absolute Gasteiger partial charge is 0.485 e. The Bertz CT molecular complexity index is 920. The molecule has 1 N–H and O–H groups in total. The Morgan fingerprint density at radius 2 is 1.78 bits per heavy atom. The fraction of sp³-hybridized carbons (Fsp3) is 0.389. The Morgan fingerprint density at radius 1 is 1.11 bits per heavy atom. The predicted molar refractivity (Wildman–Crippen MR) is 85.9 cm³/mol. The highest BCUT2D eigenvalue weighted by atomic mass is 19.4. The first-order chi connectivity index (χ1) is 12.4. The molecule has 1 aromatic carbocycles. The van der Waals surface area contributed by atoms with E-state index in [9.17, 15) is 31.9 Å². The maximum atomic E-state index is 13.8. The Labute approximate surface area is 150 Å². The molecule has 0 saturated carbocycles. The average molecular weight is 389 g/mol. The second-order valence-electron chi connectivity index (χ2n) is 6.87. The SMILES string of the molecule is CC1(C)Oc2ccc(C(F)(F)C(F)(F)F)cc2C(n2ccccc2=O)C1O. The zero-order valence-electron chi connectivity index (χ0n) is 14.3. The first-order valence-electron chi connectivity index (χ1n) is 7.99. The first-order valence-corrected chi connectivity index (χ1v) is 7.99. The Morgan fingerprint density at radius 3 is 2.37 bits per heavy atom. The third kappa shape index (κ3) is 3.09. The molecule has 2 aromatic rings. The lowest BCUT2D eigenvalue weighted by atomic mass is 9.85. The van der Waals surface area contributed by atoms with Crippen LogP contribution in [0.15, 0.2) is 47.4 Å². The second-order valence-corrected chi connectivity index (χ2v) is 6.87. The Hall–Kier alpha value is -2.42. The van der Waals surface area contributed by atoms with Crippen LogP contribution in [0.4, 0.5) is 22.0 Å². The summed E-state index contributed by atoms with van der Waals surface area (Å²) in [5.41, 5.74) is -3.17. The number of nitrogens with zero attached hydrogens (tertiary/aromatic N) is 1. The van der Waals surface area contributed by atoms with Crippen molar-refractivity contribution in [3.8, 4) is 5.75 Å². The van der Waals surface area contributed by atoms with E-state index in [1.54, 1.807) is 0 Å². The molecule has 0 amide bonds. The lowest BCUT2D eigenvalue weighted by Crippen LogP contribution is -2.52. The van der Waals surface area contributed by atoms with E-state index in [1.165, 1.54) is 38.2 Å². The Kier molecular flexibility index (Phi) is 4.33. The summed E-state index contributed by atoms with van der Waals surface area (Å²) in [7, 11) is 0. The van der Waals surface area contributed by atoms with Gasteiger partial charge in [-0.1, -0.05) is 6.07 Å². The number of pyridine rings is 1. The van der Waals surface area contributed by atoms with Gasteiger partial charge in [0.15, 0.2) is 0 Å². The molecule has 4 nitrogen and oxygen atoms in total. The number of aliphatic hydroxyl groups is 1. The van der Waals surface area contributed by atoms with E-state index in [2.05, 4.69) is 0 Å². The molecular formula is C18H16F5NO3. The van der Waals surface area contributed by atoms with Crippen LogP contribution in [-0.2, 0) is 5.92 Å². The van der Waals surface area contributed by atoms with Gasteiger partial charge in [0.1, 0.15) is 17.5 Å². The van der Waals surface area contributed by atoms with E-state index in [1.807, 2.05) is 0 Å². The molecule has 27 heavy (non-hydrogen) atoms. The molecule has 2 unspecified atom stereocenters. The van der Waals surface area contributed by atoms with Crippen molar-refractivity contribution in [2.24, 2.45) is 0 Å². The van der Waals surface area contributed by atoms with Gasteiger partial charge in [0.25, 0.3) is 5.56 Å². The van der Waals surface area contributed by atoms with E-state index < -0.39 is 41.0 Å². The van der Waals surface area contributed by atoms with Crippen LogP contribution in [0.2, 0.25) is 0 Å². The van der Waals surface area contributed by atoms with Crippen molar-refractivity contribution in [1.82, 2.24) is 4.57 Å². The van der Waals surface area contributed by atoms with Gasteiger partial charge in [-0.3, -0.25) is 4.79 Å². The fourth-order valence-electron chi connectivity index (χ4n) is 3.10. The van der Waals surface area contributed by atoms with Crippen molar-refractivity contribution in [2.75, 3.05) is 0 Å². The molecule has 146 valence electrons. The molecule has 1 aromatic heterocycles. The van der Waals surface area contributed by atoms with Crippen molar-refractivity contribution in [3.05, 3.63) is 64.1 Å². The molecule has 0 bridgehead atoms. The number of hydrogen-bond acceptors (Lipinski definition) is 3. The lowest BCUT2D eigenvalue weighted by molar-refractivity contribution is -0.289. The smallest absolute Gasteiger partial charge is 0.458 e. The van der Waals surface area contributed by atoms with Crippen LogP contribution in [0.1, 0.15) is 31.0 Å². The first kappa shape index (κ1) is 19.3. The van der Waals surface area contributed by atoms with Gasteiger partial charge in [-0.2, -0.15) is 22.0 Å². The normalized spacial score (nSPS) is 22.1. The number of fused-ring (bicyclic) bond motifs is 1. The van der Waals surface area contributed by atoms with Gasteiger partial charge in [-0.25, -0.2) is 0 Å². The molecule has 9 heteroatoms. The topological polar surface area (TPSA) is 51.5 Å². The molecule has 0 spiro atoms. The number of alkyl halides is 5. The number of rotatable bonds is 2. The number of hydrogen-bond donors (Lipinski definition) is 1. The second kappa shape index (κ2) is 6.05. The average Bonchev–Trinajstić information content (AvgIpc) is 2.55. The summed E-state index contributed by atoms with van der Waals surface area (Å²) < 4.78 is 72.5. The number of aromatic nitrogens is 1. The third-order valence-corrected chi connectivity index (χ3v) is 4.58. The minimum atomic E-state index is -5.78. The highest BCUT2D eigenvalue weighted by Gasteiger charge is 2.59. The summed E-state index contributed by atoms with van der Waals surface area (Å²) in [6.45, 7) is 3.06. The maximum absolute atomic E-state index is 13.8. The van der Waals surface area contributed by atoms with Gasteiger partial charge < -0.3 is 14.4 Å². The predicted octanol–water partition coefficient (Wildman–Crippen LogP) is 3.62. The van der Waals surface area contributed by atoms with Crippen molar-refractivity contribution in [3.63, 3.8) is 0 Å². The van der Waals surface area contributed by atoms with Gasteiger partial charge in [-0.05, 0) is 38.1 Å². The summed E-state index contributed by atoms with van der Waals surface area (Å²) in [5, 5.41) is 10.7. The molecule has 1 aliphatic rings. The van der Waals surface area contributed by atoms with Gasteiger partial charge in [-0.15, -0.1) is 0 Å². The van der Waals surface area contributed by atoms with Crippen molar-refractivity contribution in [2.45, 2.75) is 43.7 Å². The van der Waals surface area contributed by atoms with Gasteiger partial charge >= 0.3 is 12.1 Å². The number of halogens is 5. The minimum Gasteiger partial charge on any atom is -0.485 e. The molecule has 0 fully saturated rings. The Balaban J connectivity index is 2.24. The van der Waals surface area contributed by atoms with Crippen LogP contribution in [0.5, 0.6) is 5.75 Å². The molecule has 3 rings (SSSR count). The summed E-state index contributed by atoms with van der Waals surface area (Å²) in [5.74, 6) is -5.07.